The van der Waals surface area contributed by atoms with Crippen molar-refractivity contribution in [3.8, 4) is 33.8 Å². The van der Waals surface area contributed by atoms with E-state index in [0.29, 0.717) is 34.6 Å². The van der Waals surface area contributed by atoms with Crippen LogP contribution in [0.25, 0.3) is 44.2 Å². The highest BCUT2D eigenvalue weighted by Gasteiger charge is 2.10. The number of phenolic OH excluding ortho intramolecular Hbond substituents is 1. The number of aromatic hydroxyl groups is 1. The van der Waals surface area contributed by atoms with Crippen molar-refractivity contribution >= 4 is 37.9 Å². The largest absolute Gasteiger partial charge is 0.508 e. The molecule has 8 nitrogen and oxygen atoms in total. The molecule has 0 fully saturated rings. The van der Waals surface area contributed by atoms with Crippen LogP contribution >= 0.6 is 15.9 Å². The lowest BCUT2D eigenvalue weighted by molar-refractivity contribution is 0.0986. The molecule has 2 aromatic heterocycles. The number of alkyl halides is 1. The van der Waals surface area contributed by atoms with Crippen LogP contribution in [0.4, 0.5) is 0 Å². The molecule has 6 rings (SSSR count). The first kappa shape index (κ1) is 49.0. The molecule has 2 heterocycles. The van der Waals surface area contributed by atoms with Crippen LogP contribution in [-0.4, -0.2) is 34.0 Å². The summed E-state index contributed by atoms with van der Waals surface area (Å²) in [5.41, 5.74) is 5.44. The monoisotopic (exact) mass is 896 g/mol. The van der Waals surface area contributed by atoms with Crippen LogP contribution in [0, 0.1) is 0 Å². The van der Waals surface area contributed by atoms with E-state index < -0.39 is 6.79 Å². The Morgan fingerprint density at radius 3 is 1.44 bits per heavy atom. The van der Waals surface area contributed by atoms with E-state index in [1.807, 2.05) is 42.5 Å². The summed E-state index contributed by atoms with van der Waals surface area (Å²) >= 11 is 3.44. The Morgan fingerprint density at radius 1 is 0.525 bits per heavy atom. The van der Waals surface area contributed by atoms with Gasteiger partial charge in [-0.3, -0.25) is 0 Å². The van der Waals surface area contributed by atoms with Gasteiger partial charge in [0.2, 0.25) is 0 Å². The van der Waals surface area contributed by atoms with E-state index in [4.69, 9.17) is 23.8 Å². The number of aliphatic hydroxyl groups is 2. The quantitative estimate of drug-likeness (QED) is 0.0266. The number of aliphatic hydroxyl groups excluding tert-OH is 2. The molecule has 0 amide bonds. The molecule has 0 aliphatic rings. The highest BCUT2D eigenvalue weighted by molar-refractivity contribution is 9.09. The minimum Gasteiger partial charge on any atom is -0.508 e. The summed E-state index contributed by atoms with van der Waals surface area (Å²) in [6.07, 6.45) is 21.1. The van der Waals surface area contributed by atoms with E-state index >= 15 is 0 Å². The lowest BCUT2D eigenvalue weighted by atomic mass is 10.0. The SMILES string of the molecule is CCCCCc1ccc(-c2cc3ccc(O)cc3oc2=O)cc1.CCCCCc1ccc(-c2cc3ccc(OCO)cc3oc2=O)cc1.OCCCCCCCCCCCBr. The van der Waals surface area contributed by atoms with Crippen molar-refractivity contribution in [1.82, 2.24) is 0 Å². The molecule has 0 aliphatic heterocycles. The zero-order valence-electron chi connectivity index (χ0n) is 36.1. The van der Waals surface area contributed by atoms with Crippen LogP contribution in [-0.2, 0) is 12.8 Å². The summed E-state index contributed by atoms with van der Waals surface area (Å²) in [5, 5.41) is 29.6. The van der Waals surface area contributed by atoms with Crippen LogP contribution < -0.4 is 16.0 Å². The standard InChI is InChI=1S/C21H22O4.C20H20O3.C11H23BrO/c1-2-3-4-5-15-6-8-16(9-7-15)19-12-17-10-11-18(24-14-22)13-20(17)25-21(19)23;1-2-3-4-5-14-6-8-15(9-7-14)18-12-16-10-11-17(21)13-19(16)23-20(18)22;12-10-8-6-4-2-1-3-5-7-9-11-13/h6-13,22H,2-5,14H2,1H3;6-13,21H,2-5H2,1H3;13H,1-11H2. The number of ether oxygens (including phenoxy) is 1. The lowest BCUT2D eigenvalue weighted by Crippen LogP contribution is -2.03. The Bertz CT molecular complexity index is 2250. The molecule has 0 saturated carbocycles. The second kappa shape index (κ2) is 28.0. The number of fused-ring (bicyclic) bond motifs is 2. The third kappa shape index (κ3) is 16.9. The zero-order chi connectivity index (χ0) is 43.7. The van der Waals surface area contributed by atoms with Crippen molar-refractivity contribution in [2.24, 2.45) is 0 Å². The normalized spacial score (nSPS) is 10.9. The summed E-state index contributed by atoms with van der Waals surface area (Å²) in [6, 6.07) is 29.8. The highest BCUT2D eigenvalue weighted by Crippen LogP contribution is 2.26. The third-order valence-corrected chi connectivity index (χ3v) is 11.2. The number of halogens is 1. The van der Waals surface area contributed by atoms with E-state index in [9.17, 15) is 14.7 Å². The Kier molecular flexibility index (Phi) is 22.5. The molecule has 6 aromatic rings. The van der Waals surface area contributed by atoms with E-state index in [2.05, 4.69) is 54.0 Å². The molecule has 0 spiro atoms. The molecule has 61 heavy (non-hydrogen) atoms. The predicted octanol–water partition coefficient (Wildman–Crippen LogP) is 13.3. The van der Waals surface area contributed by atoms with Crippen LogP contribution in [0.3, 0.4) is 0 Å². The van der Waals surface area contributed by atoms with Crippen LogP contribution in [0.1, 0.15) is 121 Å². The Morgan fingerprint density at radius 2 is 0.984 bits per heavy atom. The summed E-state index contributed by atoms with van der Waals surface area (Å²) in [4.78, 5) is 24.5. The van der Waals surface area contributed by atoms with Crippen LogP contribution in [0.15, 0.2) is 115 Å². The Hall–Kier alpha value is -4.70. The van der Waals surface area contributed by atoms with Gasteiger partial charge in [-0.2, -0.15) is 0 Å². The average Bonchev–Trinajstić information content (AvgIpc) is 3.27. The molecule has 328 valence electrons. The van der Waals surface area contributed by atoms with Gasteiger partial charge in [0.1, 0.15) is 22.7 Å². The summed E-state index contributed by atoms with van der Waals surface area (Å²) in [5.74, 6) is 0.548. The van der Waals surface area contributed by atoms with Crippen molar-refractivity contribution in [3.05, 3.63) is 129 Å². The van der Waals surface area contributed by atoms with Crippen molar-refractivity contribution in [2.75, 3.05) is 18.7 Å². The molecule has 4 aromatic carbocycles. The first-order valence-corrected chi connectivity index (χ1v) is 23.4. The Labute approximate surface area is 369 Å². The smallest absolute Gasteiger partial charge is 0.344 e. The summed E-state index contributed by atoms with van der Waals surface area (Å²) < 4.78 is 15.8. The first-order valence-electron chi connectivity index (χ1n) is 22.2. The molecule has 3 N–H and O–H groups in total. The summed E-state index contributed by atoms with van der Waals surface area (Å²) in [7, 11) is 0. The molecule has 9 heteroatoms. The molecular weight excluding hydrogens is 832 g/mol. The molecule has 0 atom stereocenters. The van der Waals surface area contributed by atoms with Gasteiger partial charge in [-0.05, 0) is 97.2 Å². The number of phenols is 1. The van der Waals surface area contributed by atoms with E-state index in [-0.39, 0.29) is 17.0 Å². The molecule has 0 aliphatic carbocycles. The van der Waals surface area contributed by atoms with Crippen molar-refractivity contribution < 1.29 is 28.9 Å². The topological polar surface area (TPSA) is 130 Å². The maximum absolute atomic E-state index is 12.3. The first-order chi connectivity index (χ1) is 29.8. The fourth-order valence-electron chi connectivity index (χ4n) is 7.06. The number of rotatable bonds is 22. The third-order valence-electron chi connectivity index (χ3n) is 10.6. The lowest BCUT2D eigenvalue weighted by Gasteiger charge is -2.06. The fourth-order valence-corrected chi connectivity index (χ4v) is 7.46. The molecular formula is C52H65BrO8. The number of unbranched alkanes of at least 4 members (excludes halogenated alkanes) is 12. The maximum atomic E-state index is 12.3. The van der Waals surface area contributed by atoms with Gasteiger partial charge >= 0.3 is 11.3 Å². The van der Waals surface area contributed by atoms with E-state index in [0.717, 1.165) is 46.5 Å². The number of aryl methyl sites for hydroxylation is 2. The molecule has 0 unspecified atom stereocenters. The predicted molar refractivity (Wildman–Crippen MR) is 254 cm³/mol. The minimum absolute atomic E-state index is 0.0878. The van der Waals surface area contributed by atoms with Gasteiger partial charge in [0.15, 0.2) is 6.79 Å². The van der Waals surface area contributed by atoms with Gasteiger partial charge in [0.05, 0.1) is 11.1 Å². The average molecular weight is 898 g/mol. The van der Waals surface area contributed by atoms with Gasteiger partial charge in [0.25, 0.3) is 0 Å². The fraction of sp³-hybridized carbons (Fsp3) is 0.423. The van der Waals surface area contributed by atoms with Crippen LogP contribution in [0.5, 0.6) is 11.5 Å². The van der Waals surface area contributed by atoms with Crippen molar-refractivity contribution in [2.45, 2.75) is 123 Å². The second-order valence-corrected chi connectivity index (χ2v) is 16.3. The van der Waals surface area contributed by atoms with Crippen molar-refractivity contribution in [1.29, 1.82) is 0 Å². The number of hydrogen-bond acceptors (Lipinski definition) is 8. The van der Waals surface area contributed by atoms with E-state index in [1.165, 1.54) is 107 Å². The number of hydrogen-bond donors (Lipinski definition) is 3. The van der Waals surface area contributed by atoms with Gasteiger partial charge in [-0.25, -0.2) is 9.59 Å². The molecule has 0 radical (unpaired) electrons. The molecule has 0 bridgehead atoms. The van der Waals surface area contributed by atoms with Gasteiger partial charge in [-0.15, -0.1) is 0 Å². The molecule has 0 saturated heterocycles. The Balaban J connectivity index is 0.000000212. The summed E-state index contributed by atoms with van der Waals surface area (Å²) in [6.45, 7) is 4.34. The maximum Gasteiger partial charge on any atom is 0.344 e. The van der Waals surface area contributed by atoms with Crippen molar-refractivity contribution in [3.63, 3.8) is 0 Å². The zero-order valence-corrected chi connectivity index (χ0v) is 37.7. The highest BCUT2D eigenvalue weighted by atomic mass is 79.9. The van der Waals surface area contributed by atoms with Gasteiger partial charge in [0, 0.05) is 34.8 Å². The van der Waals surface area contributed by atoms with E-state index in [1.54, 1.807) is 24.3 Å². The minimum atomic E-state index is -0.418. The number of benzene rings is 4. The van der Waals surface area contributed by atoms with Crippen LogP contribution in [0.2, 0.25) is 0 Å². The van der Waals surface area contributed by atoms with Gasteiger partial charge in [-0.1, -0.05) is 149 Å². The van der Waals surface area contributed by atoms with Gasteiger partial charge < -0.3 is 28.9 Å². The second-order valence-electron chi connectivity index (χ2n) is 15.5.